The second kappa shape index (κ2) is 4.95. The van der Waals surface area contributed by atoms with Crippen LogP contribution in [0.25, 0.3) is 0 Å². The van der Waals surface area contributed by atoms with Crippen LogP contribution >= 0.6 is 0 Å². The lowest BCUT2D eigenvalue weighted by molar-refractivity contribution is 0.571. The van der Waals surface area contributed by atoms with Gasteiger partial charge in [-0.15, -0.1) is 0 Å². The van der Waals surface area contributed by atoms with E-state index in [4.69, 9.17) is 5.73 Å². The molecule has 0 bridgehead atoms. The van der Waals surface area contributed by atoms with Crippen LogP contribution in [0, 0.1) is 5.92 Å². The highest BCUT2D eigenvalue weighted by Gasteiger charge is 2.13. The van der Waals surface area contributed by atoms with E-state index < -0.39 is 9.84 Å². The van der Waals surface area contributed by atoms with Crippen molar-refractivity contribution in [3.05, 3.63) is 16.0 Å². The van der Waals surface area contributed by atoms with Crippen molar-refractivity contribution < 1.29 is 8.42 Å². The van der Waals surface area contributed by atoms with Crippen molar-refractivity contribution in [2.24, 2.45) is 5.92 Å². The van der Waals surface area contributed by atoms with Gasteiger partial charge < -0.3 is 5.73 Å². The van der Waals surface area contributed by atoms with Crippen LogP contribution in [-0.2, 0) is 22.8 Å². The van der Waals surface area contributed by atoms with E-state index in [9.17, 15) is 13.2 Å². The second-order valence-corrected chi connectivity index (χ2v) is 6.95. The minimum absolute atomic E-state index is 0.0754. The van der Waals surface area contributed by atoms with Gasteiger partial charge in [-0.05, 0) is 12.3 Å². The van der Waals surface area contributed by atoms with Gasteiger partial charge in [-0.2, -0.15) is 0 Å². The van der Waals surface area contributed by atoms with Gasteiger partial charge in [0.15, 0.2) is 0 Å². The monoisotopic (exact) mass is 261 g/mol. The molecule has 1 heterocycles. The molecule has 17 heavy (non-hydrogen) atoms. The third-order valence-electron chi connectivity index (χ3n) is 2.37. The van der Waals surface area contributed by atoms with Crippen LogP contribution in [0.3, 0.4) is 0 Å². The van der Waals surface area contributed by atoms with Gasteiger partial charge in [-0.3, -0.25) is 14.6 Å². The van der Waals surface area contributed by atoms with Crippen LogP contribution in [0.2, 0.25) is 0 Å². The van der Waals surface area contributed by atoms with E-state index in [-0.39, 0.29) is 23.5 Å². The van der Waals surface area contributed by atoms with Gasteiger partial charge in [-0.1, -0.05) is 13.8 Å². The van der Waals surface area contributed by atoms with Crippen molar-refractivity contribution in [3.63, 3.8) is 0 Å². The molecule has 1 aromatic rings. The van der Waals surface area contributed by atoms with Gasteiger partial charge in [0.1, 0.15) is 15.5 Å². The van der Waals surface area contributed by atoms with Crippen molar-refractivity contribution in [1.29, 1.82) is 0 Å². The smallest absolute Gasteiger partial charge is 0.289 e. The molecule has 7 heteroatoms. The Hall–Kier alpha value is -1.24. The van der Waals surface area contributed by atoms with Gasteiger partial charge in [-0.25, -0.2) is 8.42 Å². The Morgan fingerprint density at radius 2 is 2.00 bits per heavy atom. The lowest BCUT2D eigenvalue weighted by Gasteiger charge is -2.03. The number of H-pyrrole nitrogens is 1. The zero-order valence-corrected chi connectivity index (χ0v) is 11.2. The number of rotatable bonds is 5. The van der Waals surface area contributed by atoms with Crippen molar-refractivity contribution in [1.82, 2.24) is 9.78 Å². The number of nitrogens with zero attached hydrogens (tertiary/aromatic N) is 1. The molecule has 0 unspecified atom stereocenters. The Balaban J connectivity index is 2.92. The summed E-state index contributed by atoms with van der Waals surface area (Å²) >= 11 is 0. The number of aromatic amines is 1. The number of nitrogens with two attached hydrogens (primary N) is 1. The average Bonchev–Trinajstić information content (AvgIpc) is 2.41. The van der Waals surface area contributed by atoms with Crippen molar-refractivity contribution >= 4 is 15.5 Å². The van der Waals surface area contributed by atoms with E-state index >= 15 is 0 Å². The first-order chi connectivity index (χ1) is 7.70. The molecule has 0 spiro atoms. The van der Waals surface area contributed by atoms with Crippen LogP contribution in [0.15, 0.2) is 4.79 Å². The number of nitrogen functional groups attached to an aromatic ring is 1. The molecule has 98 valence electrons. The highest BCUT2D eigenvalue weighted by Crippen LogP contribution is 2.09. The van der Waals surface area contributed by atoms with E-state index in [1.807, 2.05) is 13.8 Å². The third kappa shape index (κ3) is 3.92. The SMILES string of the molecule is CC(C)Cc1[nH]n(CCS(C)(=O)=O)c(=O)c1N. The molecule has 0 radical (unpaired) electrons. The van der Waals surface area contributed by atoms with Gasteiger partial charge in [0.05, 0.1) is 18.0 Å². The van der Waals surface area contributed by atoms with Gasteiger partial charge in [0.2, 0.25) is 0 Å². The average molecular weight is 261 g/mol. The molecular formula is C10H19N3O3S. The number of hydrogen-bond acceptors (Lipinski definition) is 4. The first kappa shape index (κ1) is 13.8. The summed E-state index contributed by atoms with van der Waals surface area (Å²) in [4.78, 5) is 11.7. The van der Waals surface area contributed by atoms with Gasteiger partial charge in [0.25, 0.3) is 5.56 Å². The Labute approximate surface area is 101 Å². The van der Waals surface area contributed by atoms with E-state index in [2.05, 4.69) is 5.10 Å². The summed E-state index contributed by atoms with van der Waals surface area (Å²) in [7, 11) is -3.09. The highest BCUT2D eigenvalue weighted by molar-refractivity contribution is 7.90. The molecule has 1 rings (SSSR count). The summed E-state index contributed by atoms with van der Waals surface area (Å²) in [6.45, 7) is 4.15. The lowest BCUT2D eigenvalue weighted by atomic mass is 10.1. The summed E-state index contributed by atoms with van der Waals surface area (Å²) in [6, 6.07) is 0. The molecule has 0 aliphatic rings. The fraction of sp³-hybridized carbons (Fsp3) is 0.700. The largest absolute Gasteiger partial charge is 0.393 e. The summed E-state index contributed by atoms with van der Waals surface area (Å²) in [5.74, 6) is 0.298. The fourth-order valence-electron chi connectivity index (χ4n) is 1.53. The molecular weight excluding hydrogens is 242 g/mol. The molecule has 0 aliphatic carbocycles. The van der Waals surface area contributed by atoms with Crippen molar-refractivity contribution in [2.75, 3.05) is 17.7 Å². The lowest BCUT2D eigenvalue weighted by Crippen LogP contribution is -2.22. The normalized spacial score (nSPS) is 12.2. The molecule has 0 saturated heterocycles. The number of aryl methyl sites for hydroxylation is 1. The number of hydrogen-bond donors (Lipinski definition) is 2. The van der Waals surface area contributed by atoms with Gasteiger partial charge in [0, 0.05) is 6.26 Å². The minimum Gasteiger partial charge on any atom is -0.393 e. The Bertz CT molecular complexity index is 540. The molecule has 1 aromatic heterocycles. The van der Waals surface area contributed by atoms with Crippen molar-refractivity contribution in [3.8, 4) is 0 Å². The summed E-state index contributed by atoms with van der Waals surface area (Å²) in [6.07, 6.45) is 1.81. The van der Waals surface area contributed by atoms with Gasteiger partial charge >= 0.3 is 0 Å². The van der Waals surface area contributed by atoms with Crippen LogP contribution in [0.4, 0.5) is 5.69 Å². The molecule has 3 N–H and O–H groups in total. The van der Waals surface area contributed by atoms with Crippen LogP contribution < -0.4 is 11.3 Å². The second-order valence-electron chi connectivity index (χ2n) is 4.69. The van der Waals surface area contributed by atoms with Crippen LogP contribution in [0.1, 0.15) is 19.5 Å². The van der Waals surface area contributed by atoms with Crippen LogP contribution in [-0.4, -0.2) is 30.2 Å². The minimum atomic E-state index is -3.09. The molecule has 0 aliphatic heterocycles. The predicted octanol–water partition coefficient (Wildman–Crippen LogP) is 0.00170. The maximum Gasteiger partial charge on any atom is 0.289 e. The quantitative estimate of drug-likeness (QED) is 0.779. The highest BCUT2D eigenvalue weighted by atomic mass is 32.2. The summed E-state index contributed by atoms with van der Waals surface area (Å²) < 4.78 is 23.3. The zero-order chi connectivity index (χ0) is 13.2. The summed E-state index contributed by atoms with van der Waals surface area (Å²) in [5, 5.41) is 2.87. The fourth-order valence-corrected chi connectivity index (χ4v) is 2.04. The van der Waals surface area contributed by atoms with E-state index in [0.717, 1.165) is 6.26 Å². The van der Waals surface area contributed by atoms with Crippen LogP contribution in [0.5, 0.6) is 0 Å². The molecule has 0 saturated carbocycles. The first-order valence-electron chi connectivity index (χ1n) is 5.45. The first-order valence-corrected chi connectivity index (χ1v) is 7.51. The van der Waals surface area contributed by atoms with Crippen molar-refractivity contribution in [2.45, 2.75) is 26.8 Å². The Morgan fingerprint density at radius 3 is 2.47 bits per heavy atom. The standard InChI is InChI=1S/C10H19N3O3S/c1-7(2)6-8-9(11)10(14)13(12-8)4-5-17(3,15)16/h7,12H,4-6,11H2,1-3H3. The maximum atomic E-state index is 11.7. The topological polar surface area (TPSA) is 98.0 Å². The number of aromatic nitrogens is 2. The number of anilines is 1. The number of sulfone groups is 1. The zero-order valence-electron chi connectivity index (χ0n) is 10.4. The molecule has 0 fully saturated rings. The molecule has 0 amide bonds. The molecule has 0 aromatic carbocycles. The Kier molecular flexibility index (Phi) is 4.03. The third-order valence-corrected chi connectivity index (χ3v) is 3.29. The van der Waals surface area contributed by atoms with E-state index in [1.165, 1.54) is 4.68 Å². The Morgan fingerprint density at radius 1 is 1.41 bits per heavy atom. The number of nitrogens with one attached hydrogen (secondary N) is 1. The molecule has 0 atom stereocenters. The van der Waals surface area contributed by atoms with E-state index in [1.54, 1.807) is 0 Å². The predicted molar refractivity (Wildman–Crippen MR) is 67.7 cm³/mol. The molecule has 6 nitrogen and oxygen atoms in total. The van der Waals surface area contributed by atoms with E-state index in [0.29, 0.717) is 18.0 Å². The maximum absolute atomic E-state index is 11.7. The summed E-state index contributed by atoms with van der Waals surface area (Å²) in [5.41, 5.74) is 6.20.